The highest BCUT2D eigenvalue weighted by Gasteiger charge is 2.17. The Morgan fingerprint density at radius 1 is 1.50 bits per heavy atom. The molecule has 5 heteroatoms. The molecule has 4 nitrogen and oxygen atoms in total. The summed E-state index contributed by atoms with van der Waals surface area (Å²) in [5.41, 5.74) is 8.06. The summed E-state index contributed by atoms with van der Waals surface area (Å²) in [4.78, 5) is 4.41. The molecule has 1 unspecified atom stereocenters. The van der Waals surface area contributed by atoms with Gasteiger partial charge in [0, 0.05) is 23.5 Å². The van der Waals surface area contributed by atoms with Crippen molar-refractivity contribution in [2.45, 2.75) is 19.4 Å². The van der Waals surface area contributed by atoms with Gasteiger partial charge in [0.05, 0.1) is 17.6 Å². The van der Waals surface area contributed by atoms with E-state index in [1.54, 1.807) is 0 Å². The zero-order chi connectivity index (χ0) is 12.5. The molecule has 18 heavy (non-hydrogen) atoms. The van der Waals surface area contributed by atoms with Gasteiger partial charge in [-0.3, -0.25) is 0 Å². The van der Waals surface area contributed by atoms with Crippen molar-refractivity contribution in [2.75, 3.05) is 18.9 Å². The number of ether oxygens (including phenoxy) is 1. The van der Waals surface area contributed by atoms with E-state index in [-0.39, 0.29) is 0 Å². The van der Waals surface area contributed by atoms with E-state index in [1.807, 2.05) is 12.1 Å². The first kappa shape index (κ1) is 12.0. The predicted octanol–water partition coefficient (Wildman–Crippen LogP) is 2.81. The standard InChI is InChI=1S/C13H16BrN3O/c14-10-3-4-12-11(6-10)16-13(15)17(12)7-9-2-1-5-18-8-9/h3-4,6,9H,1-2,5,7-8H2,(H2,15,16). The number of hydrogen-bond acceptors (Lipinski definition) is 3. The Bertz CT molecular complexity index is 561. The number of benzene rings is 1. The van der Waals surface area contributed by atoms with Gasteiger partial charge in [0.15, 0.2) is 0 Å². The van der Waals surface area contributed by atoms with E-state index in [1.165, 1.54) is 6.42 Å². The number of nitrogens with zero attached hydrogens (tertiary/aromatic N) is 2. The van der Waals surface area contributed by atoms with Gasteiger partial charge in [-0.15, -0.1) is 0 Å². The molecular weight excluding hydrogens is 294 g/mol. The van der Waals surface area contributed by atoms with Gasteiger partial charge in [0.25, 0.3) is 0 Å². The molecule has 1 aromatic carbocycles. The van der Waals surface area contributed by atoms with E-state index in [4.69, 9.17) is 10.5 Å². The summed E-state index contributed by atoms with van der Waals surface area (Å²) >= 11 is 3.45. The second-order valence-electron chi connectivity index (χ2n) is 4.80. The van der Waals surface area contributed by atoms with Crippen LogP contribution in [0.2, 0.25) is 0 Å². The Balaban J connectivity index is 1.92. The Hall–Kier alpha value is -1.07. The fraction of sp³-hybridized carbons (Fsp3) is 0.462. The molecule has 1 saturated heterocycles. The van der Waals surface area contributed by atoms with Gasteiger partial charge in [0.1, 0.15) is 0 Å². The van der Waals surface area contributed by atoms with Crippen molar-refractivity contribution in [3.8, 4) is 0 Å². The van der Waals surface area contributed by atoms with Gasteiger partial charge >= 0.3 is 0 Å². The number of aromatic nitrogens is 2. The summed E-state index contributed by atoms with van der Waals surface area (Å²) in [6.45, 7) is 2.61. The highest BCUT2D eigenvalue weighted by molar-refractivity contribution is 9.10. The number of hydrogen-bond donors (Lipinski definition) is 1. The number of nitrogen functional groups attached to an aromatic ring is 1. The number of nitrogens with two attached hydrogens (primary N) is 1. The molecule has 96 valence electrons. The quantitative estimate of drug-likeness (QED) is 0.928. The lowest BCUT2D eigenvalue weighted by atomic mass is 10.0. The van der Waals surface area contributed by atoms with Crippen LogP contribution < -0.4 is 5.73 Å². The van der Waals surface area contributed by atoms with Crippen LogP contribution in [0.3, 0.4) is 0 Å². The molecule has 1 aliphatic rings. The fourth-order valence-electron chi connectivity index (χ4n) is 2.52. The molecule has 1 fully saturated rings. The van der Waals surface area contributed by atoms with Crippen molar-refractivity contribution in [1.82, 2.24) is 9.55 Å². The summed E-state index contributed by atoms with van der Waals surface area (Å²) in [5, 5.41) is 0. The van der Waals surface area contributed by atoms with Crippen LogP contribution in [0.1, 0.15) is 12.8 Å². The van der Waals surface area contributed by atoms with Crippen molar-refractivity contribution < 1.29 is 4.74 Å². The van der Waals surface area contributed by atoms with Crippen LogP contribution in [0.15, 0.2) is 22.7 Å². The van der Waals surface area contributed by atoms with Crippen LogP contribution in [0, 0.1) is 5.92 Å². The Labute approximate surface area is 114 Å². The molecule has 0 spiro atoms. The smallest absolute Gasteiger partial charge is 0.201 e. The first-order valence-electron chi connectivity index (χ1n) is 6.23. The minimum absolute atomic E-state index is 0.544. The molecule has 0 radical (unpaired) electrons. The van der Waals surface area contributed by atoms with E-state index >= 15 is 0 Å². The van der Waals surface area contributed by atoms with Gasteiger partial charge in [-0.1, -0.05) is 15.9 Å². The van der Waals surface area contributed by atoms with E-state index in [0.29, 0.717) is 11.9 Å². The maximum Gasteiger partial charge on any atom is 0.201 e. The lowest BCUT2D eigenvalue weighted by Gasteiger charge is -2.23. The van der Waals surface area contributed by atoms with Gasteiger partial charge < -0.3 is 15.0 Å². The van der Waals surface area contributed by atoms with E-state index < -0.39 is 0 Å². The molecule has 2 N–H and O–H groups in total. The molecule has 0 aliphatic carbocycles. The Kier molecular flexibility index (Phi) is 3.26. The number of rotatable bonds is 2. The summed E-state index contributed by atoms with van der Waals surface area (Å²) in [6.07, 6.45) is 2.35. The highest BCUT2D eigenvalue weighted by atomic mass is 79.9. The molecule has 3 rings (SSSR count). The van der Waals surface area contributed by atoms with E-state index in [2.05, 4.69) is 31.5 Å². The molecule has 0 amide bonds. The van der Waals surface area contributed by atoms with E-state index in [9.17, 15) is 0 Å². The Morgan fingerprint density at radius 2 is 2.39 bits per heavy atom. The first-order valence-corrected chi connectivity index (χ1v) is 7.02. The third kappa shape index (κ3) is 2.24. The minimum atomic E-state index is 0.544. The molecule has 2 aromatic rings. The van der Waals surface area contributed by atoms with Crippen LogP contribution in [-0.4, -0.2) is 22.8 Å². The third-order valence-electron chi connectivity index (χ3n) is 3.44. The average molecular weight is 310 g/mol. The normalized spacial score (nSPS) is 20.4. The van der Waals surface area contributed by atoms with Gasteiger partial charge in [-0.05, 0) is 31.0 Å². The summed E-state index contributed by atoms with van der Waals surface area (Å²) in [6, 6.07) is 6.09. The molecule has 1 atom stereocenters. The van der Waals surface area contributed by atoms with Crippen LogP contribution >= 0.6 is 15.9 Å². The summed E-state index contributed by atoms with van der Waals surface area (Å²) in [7, 11) is 0. The number of fused-ring (bicyclic) bond motifs is 1. The molecule has 1 aromatic heterocycles. The van der Waals surface area contributed by atoms with E-state index in [0.717, 1.165) is 41.7 Å². The Morgan fingerprint density at radius 3 is 3.17 bits per heavy atom. The van der Waals surface area contributed by atoms with Crippen LogP contribution in [0.25, 0.3) is 11.0 Å². The summed E-state index contributed by atoms with van der Waals surface area (Å²) in [5.74, 6) is 1.13. The largest absolute Gasteiger partial charge is 0.381 e. The van der Waals surface area contributed by atoms with Gasteiger partial charge in [0.2, 0.25) is 5.95 Å². The molecule has 2 heterocycles. The zero-order valence-corrected chi connectivity index (χ0v) is 11.7. The SMILES string of the molecule is Nc1nc2cc(Br)ccc2n1CC1CCCOC1. The third-order valence-corrected chi connectivity index (χ3v) is 3.93. The minimum Gasteiger partial charge on any atom is -0.381 e. The van der Waals surface area contributed by atoms with Crippen molar-refractivity contribution in [1.29, 1.82) is 0 Å². The van der Waals surface area contributed by atoms with Gasteiger partial charge in [-0.25, -0.2) is 4.98 Å². The number of halogens is 1. The van der Waals surface area contributed by atoms with Crippen LogP contribution in [-0.2, 0) is 11.3 Å². The zero-order valence-electron chi connectivity index (χ0n) is 10.1. The topological polar surface area (TPSA) is 53.1 Å². The lowest BCUT2D eigenvalue weighted by molar-refractivity contribution is 0.0490. The van der Waals surface area contributed by atoms with Crippen molar-refractivity contribution in [2.24, 2.45) is 5.92 Å². The van der Waals surface area contributed by atoms with Gasteiger partial charge in [-0.2, -0.15) is 0 Å². The van der Waals surface area contributed by atoms with Crippen molar-refractivity contribution >= 4 is 32.9 Å². The van der Waals surface area contributed by atoms with Crippen LogP contribution in [0.4, 0.5) is 5.95 Å². The van der Waals surface area contributed by atoms with Crippen molar-refractivity contribution in [3.63, 3.8) is 0 Å². The second-order valence-corrected chi connectivity index (χ2v) is 5.71. The molecular formula is C13H16BrN3O. The number of imidazole rings is 1. The average Bonchev–Trinajstić information content (AvgIpc) is 2.66. The molecule has 1 aliphatic heterocycles. The maximum absolute atomic E-state index is 6.02. The highest BCUT2D eigenvalue weighted by Crippen LogP contribution is 2.25. The van der Waals surface area contributed by atoms with Crippen LogP contribution in [0.5, 0.6) is 0 Å². The predicted molar refractivity (Wildman–Crippen MR) is 75.4 cm³/mol. The monoisotopic (exact) mass is 309 g/mol. The number of anilines is 1. The first-order chi connectivity index (χ1) is 8.74. The van der Waals surface area contributed by atoms with Crippen molar-refractivity contribution in [3.05, 3.63) is 22.7 Å². The second kappa shape index (κ2) is 4.90. The maximum atomic E-state index is 6.02. The molecule has 0 saturated carbocycles. The lowest BCUT2D eigenvalue weighted by Crippen LogP contribution is -2.22. The fourth-order valence-corrected chi connectivity index (χ4v) is 2.87. The molecule has 0 bridgehead atoms. The summed E-state index contributed by atoms with van der Waals surface area (Å²) < 4.78 is 8.65.